The van der Waals surface area contributed by atoms with Gasteiger partial charge in [-0.15, -0.1) is 0 Å². The molecule has 0 radical (unpaired) electrons. The van der Waals surface area contributed by atoms with E-state index in [0.29, 0.717) is 5.92 Å². The number of methoxy groups -OCH3 is 1. The number of nitrogens with zero attached hydrogens (tertiary/aromatic N) is 1. The molecule has 1 unspecified atom stereocenters. The Morgan fingerprint density at radius 2 is 2.03 bits per heavy atom. The second kappa shape index (κ2) is 10.7. The van der Waals surface area contributed by atoms with Crippen LogP contribution in [0.2, 0.25) is 0 Å². The lowest BCUT2D eigenvalue weighted by Gasteiger charge is -2.17. The Morgan fingerprint density at radius 1 is 1.16 bits per heavy atom. The van der Waals surface area contributed by atoms with Crippen LogP contribution in [0.5, 0.6) is 0 Å². The molecule has 2 aromatic rings. The van der Waals surface area contributed by atoms with Gasteiger partial charge in [0.25, 0.3) is 0 Å². The number of nitrogens with one attached hydrogen (secondary N) is 2. The summed E-state index contributed by atoms with van der Waals surface area (Å²) in [5.41, 5.74) is 6.94. The van der Waals surface area contributed by atoms with Gasteiger partial charge in [0.05, 0.1) is 18.5 Å². The quantitative estimate of drug-likeness (QED) is 0.455. The molecule has 0 saturated carbocycles. The average Bonchev–Trinajstić information content (AvgIpc) is 3.51. The highest BCUT2D eigenvalue weighted by Gasteiger charge is 2.21. The highest BCUT2D eigenvalue weighted by atomic mass is 16.5. The summed E-state index contributed by atoms with van der Waals surface area (Å²) >= 11 is 0. The van der Waals surface area contributed by atoms with Crippen LogP contribution < -0.4 is 0 Å². The second-order valence-corrected chi connectivity index (χ2v) is 8.99. The number of aliphatic imine (C=N–C) groups is 1. The van der Waals surface area contributed by atoms with Crippen molar-refractivity contribution >= 4 is 11.8 Å². The van der Waals surface area contributed by atoms with Crippen LogP contribution in [0.3, 0.4) is 0 Å². The predicted octanol–water partition coefficient (Wildman–Crippen LogP) is 7.28. The van der Waals surface area contributed by atoms with Crippen molar-refractivity contribution in [3.8, 4) is 0 Å². The minimum atomic E-state index is 0.629. The number of aryl methyl sites for hydroxylation is 1. The first-order valence-corrected chi connectivity index (χ1v) is 12.2. The lowest BCUT2D eigenvalue weighted by atomic mass is 9.88. The van der Waals surface area contributed by atoms with E-state index >= 15 is 0 Å². The molecule has 2 aliphatic rings. The predicted molar refractivity (Wildman–Crippen MR) is 129 cm³/mol. The number of fused-ring (bicyclic) bond motifs is 2. The third-order valence-corrected chi connectivity index (χ3v) is 6.67. The summed E-state index contributed by atoms with van der Waals surface area (Å²) in [7, 11) is 1.73. The molecule has 0 aromatic carbocycles. The first-order valence-electron chi connectivity index (χ1n) is 12.2. The Hall–Kier alpha value is -2.49. The summed E-state index contributed by atoms with van der Waals surface area (Å²) in [6.07, 6.45) is 20.5. The van der Waals surface area contributed by atoms with Crippen LogP contribution >= 0.6 is 0 Å². The average molecular weight is 420 g/mol. The first kappa shape index (κ1) is 21.7. The largest absolute Gasteiger partial charge is 0.494 e. The number of hydrogen-bond acceptors (Lipinski definition) is 2. The van der Waals surface area contributed by atoms with Gasteiger partial charge in [0.1, 0.15) is 11.5 Å². The minimum Gasteiger partial charge on any atom is -0.494 e. The number of aromatic amines is 2. The summed E-state index contributed by atoms with van der Waals surface area (Å²) < 4.78 is 5.68. The summed E-state index contributed by atoms with van der Waals surface area (Å²) in [5, 5.41) is 0. The van der Waals surface area contributed by atoms with Crippen molar-refractivity contribution in [2.45, 2.75) is 83.5 Å². The zero-order valence-corrected chi connectivity index (χ0v) is 19.2. The molecule has 1 aliphatic carbocycles. The fourth-order valence-electron chi connectivity index (χ4n) is 4.92. The molecule has 4 heteroatoms. The van der Waals surface area contributed by atoms with Gasteiger partial charge in [0, 0.05) is 23.7 Å². The highest BCUT2D eigenvalue weighted by molar-refractivity contribution is 6.11. The van der Waals surface area contributed by atoms with Gasteiger partial charge in [0.15, 0.2) is 0 Å². The van der Waals surface area contributed by atoms with Gasteiger partial charge in [-0.25, -0.2) is 4.99 Å². The molecule has 0 fully saturated rings. The van der Waals surface area contributed by atoms with Crippen LogP contribution in [-0.4, -0.2) is 22.8 Å². The molecular formula is C27H37N3O. The molecule has 4 nitrogen and oxygen atoms in total. The SMILES string of the molecule is CCCCCC1CCCCCCCc2cc1c(C=C1N=C(c3ccc[nH]3)C=C1OC)[nH]2. The van der Waals surface area contributed by atoms with Crippen molar-refractivity contribution in [2.24, 2.45) is 4.99 Å². The smallest absolute Gasteiger partial charge is 0.146 e. The molecule has 3 heterocycles. The van der Waals surface area contributed by atoms with E-state index in [2.05, 4.69) is 29.0 Å². The number of aromatic nitrogens is 2. The molecule has 31 heavy (non-hydrogen) atoms. The van der Waals surface area contributed by atoms with Crippen LogP contribution in [0.4, 0.5) is 0 Å². The molecular weight excluding hydrogens is 382 g/mol. The Morgan fingerprint density at radius 3 is 2.84 bits per heavy atom. The van der Waals surface area contributed by atoms with Crippen molar-refractivity contribution in [3.63, 3.8) is 0 Å². The molecule has 1 atom stereocenters. The van der Waals surface area contributed by atoms with Crippen molar-refractivity contribution < 1.29 is 4.74 Å². The first-order chi connectivity index (χ1) is 15.3. The Labute approximate surface area is 186 Å². The Bertz CT molecular complexity index is 930. The monoisotopic (exact) mass is 419 g/mol. The van der Waals surface area contributed by atoms with Gasteiger partial charge in [-0.05, 0) is 61.4 Å². The molecule has 0 amide bonds. The van der Waals surface area contributed by atoms with E-state index < -0.39 is 0 Å². The molecule has 2 N–H and O–H groups in total. The standard InChI is InChI=1S/C27H37N3O/c1-3-4-8-12-20-13-9-6-5-7-10-14-21-17-22(20)24(29-21)18-26-27(31-2)19-25(30-26)23-15-11-16-28-23/h11,15-20,28-29H,3-10,12-14H2,1-2H3. The fraction of sp³-hybridized carbons (Fsp3) is 0.519. The van der Waals surface area contributed by atoms with Crippen LogP contribution in [0.25, 0.3) is 6.08 Å². The molecule has 1 aliphatic heterocycles. The molecule has 166 valence electrons. The lowest BCUT2D eigenvalue weighted by molar-refractivity contribution is 0.303. The van der Waals surface area contributed by atoms with Crippen molar-refractivity contribution in [1.82, 2.24) is 9.97 Å². The van der Waals surface area contributed by atoms with Gasteiger partial charge < -0.3 is 14.7 Å². The van der Waals surface area contributed by atoms with Gasteiger partial charge in [0.2, 0.25) is 0 Å². The van der Waals surface area contributed by atoms with Crippen molar-refractivity contribution in [2.75, 3.05) is 7.11 Å². The normalized spacial score (nSPS) is 21.0. The van der Waals surface area contributed by atoms with Crippen molar-refractivity contribution in [1.29, 1.82) is 0 Å². The number of allylic oxidation sites excluding steroid dienone is 1. The molecule has 2 aromatic heterocycles. The summed E-state index contributed by atoms with van der Waals surface area (Å²) in [4.78, 5) is 11.9. The van der Waals surface area contributed by atoms with Crippen molar-refractivity contribution in [3.05, 3.63) is 64.6 Å². The van der Waals surface area contributed by atoms with E-state index in [1.807, 2.05) is 24.4 Å². The maximum atomic E-state index is 5.68. The Kier molecular flexibility index (Phi) is 7.50. The lowest BCUT2D eigenvalue weighted by Crippen LogP contribution is -2.01. The maximum Gasteiger partial charge on any atom is 0.146 e. The molecule has 4 rings (SSSR count). The van der Waals surface area contributed by atoms with Gasteiger partial charge in [-0.3, -0.25) is 0 Å². The fourth-order valence-corrected chi connectivity index (χ4v) is 4.92. The van der Waals surface area contributed by atoms with E-state index in [0.717, 1.165) is 29.3 Å². The zero-order valence-electron chi connectivity index (χ0n) is 19.2. The number of hydrogen-bond donors (Lipinski definition) is 2. The topological polar surface area (TPSA) is 53.2 Å². The van der Waals surface area contributed by atoms with Crippen LogP contribution in [0.15, 0.2) is 46.9 Å². The van der Waals surface area contributed by atoms with E-state index in [1.54, 1.807) is 7.11 Å². The third-order valence-electron chi connectivity index (χ3n) is 6.67. The third kappa shape index (κ3) is 5.41. The molecule has 0 spiro atoms. The van der Waals surface area contributed by atoms with Crippen LogP contribution in [0, 0.1) is 0 Å². The minimum absolute atomic E-state index is 0.629. The van der Waals surface area contributed by atoms with Gasteiger partial charge in [-0.2, -0.15) is 0 Å². The molecule has 0 saturated heterocycles. The summed E-state index contributed by atoms with van der Waals surface area (Å²) in [6, 6.07) is 6.50. The number of H-pyrrole nitrogens is 2. The maximum absolute atomic E-state index is 5.68. The zero-order chi connectivity index (χ0) is 21.5. The van der Waals surface area contributed by atoms with E-state index in [9.17, 15) is 0 Å². The van der Waals surface area contributed by atoms with E-state index in [1.165, 1.54) is 81.2 Å². The second-order valence-electron chi connectivity index (χ2n) is 8.99. The number of rotatable bonds is 7. The van der Waals surface area contributed by atoms with E-state index in [-0.39, 0.29) is 0 Å². The summed E-state index contributed by atoms with van der Waals surface area (Å²) in [6.45, 7) is 2.29. The van der Waals surface area contributed by atoms with Crippen LogP contribution in [0.1, 0.15) is 99.7 Å². The highest BCUT2D eigenvalue weighted by Crippen LogP contribution is 2.35. The Balaban J connectivity index is 1.67. The summed E-state index contributed by atoms with van der Waals surface area (Å²) in [5.74, 6) is 1.46. The number of unbranched alkanes of at least 4 members (excludes halogenated alkanes) is 2. The molecule has 2 bridgehead atoms. The van der Waals surface area contributed by atoms with Crippen LogP contribution in [-0.2, 0) is 11.2 Å². The van der Waals surface area contributed by atoms with Gasteiger partial charge in [-0.1, -0.05) is 51.9 Å². The van der Waals surface area contributed by atoms with Gasteiger partial charge >= 0.3 is 0 Å². The number of ether oxygens (including phenoxy) is 1. The van der Waals surface area contributed by atoms with E-state index in [4.69, 9.17) is 9.73 Å².